The molecule has 4 nitrogen and oxygen atoms in total. The minimum atomic E-state index is 0.996. The Bertz CT molecular complexity index is 3830. The summed E-state index contributed by atoms with van der Waals surface area (Å²) in [6.07, 6.45) is 0. The predicted molar refractivity (Wildman–Crippen MR) is 248 cm³/mol. The molecule has 0 N–H and O–H groups in total. The molecule has 4 heterocycles. The van der Waals surface area contributed by atoms with Gasteiger partial charge in [0.2, 0.25) is 0 Å². The van der Waals surface area contributed by atoms with E-state index in [0.717, 1.165) is 44.6 Å². The van der Waals surface area contributed by atoms with E-state index in [-0.39, 0.29) is 0 Å². The molecule has 0 radical (unpaired) electrons. The third-order valence-electron chi connectivity index (χ3n) is 12.4. The molecule has 0 bridgehead atoms. The highest BCUT2D eigenvalue weighted by Crippen LogP contribution is 2.44. The summed E-state index contributed by atoms with van der Waals surface area (Å²) in [4.78, 5) is 5.26. The van der Waals surface area contributed by atoms with Gasteiger partial charge in [-0.2, -0.15) is 0 Å². The summed E-state index contributed by atoms with van der Waals surface area (Å²) in [7, 11) is 0. The fourth-order valence-corrected chi connectivity index (χ4v) is 9.98. The van der Waals surface area contributed by atoms with Crippen LogP contribution in [-0.2, 0) is 0 Å². The van der Waals surface area contributed by atoms with Crippen molar-refractivity contribution in [3.8, 4) is 28.3 Å². The van der Waals surface area contributed by atoms with Crippen LogP contribution in [0.1, 0.15) is 0 Å². The predicted octanol–water partition coefficient (Wildman–Crippen LogP) is 14.3. The van der Waals surface area contributed by atoms with Crippen molar-refractivity contribution in [3.63, 3.8) is 0 Å². The number of nitrogens with zero attached hydrogens (tertiary/aromatic N) is 4. The van der Waals surface area contributed by atoms with Gasteiger partial charge < -0.3 is 13.7 Å². The summed E-state index contributed by atoms with van der Waals surface area (Å²) in [5.41, 5.74) is 13.6. The van der Waals surface area contributed by atoms with Crippen LogP contribution in [0.25, 0.3) is 115 Å². The van der Waals surface area contributed by atoms with E-state index in [9.17, 15) is 0 Å². The molecular weight excluding hydrogens is 717 g/mol. The molecule has 0 atom stereocenters. The van der Waals surface area contributed by atoms with E-state index in [0.29, 0.717) is 0 Å². The number of para-hydroxylation sites is 5. The maximum atomic E-state index is 5.26. The van der Waals surface area contributed by atoms with E-state index in [1.54, 1.807) is 0 Å². The first kappa shape index (κ1) is 32.2. The quantitative estimate of drug-likeness (QED) is 0.165. The number of hydrogen-bond donors (Lipinski definition) is 0. The highest BCUT2D eigenvalue weighted by Gasteiger charge is 2.23. The number of pyridine rings is 1. The van der Waals surface area contributed by atoms with Gasteiger partial charge in [-0.3, -0.25) is 0 Å². The van der Waals surface area contributed by atoms with Gasteiger partial charge in [0.15, 0.2) is 0 Å². The minimum Gasteiger partial charge on any atom is -0.309 e. The normalized spacial score (nSPS) is 12.1. The smallest absolute Gasteiger partial charge is 0.0788 e. The van der Waals surface area contributed by atoms with Crippen LogP contribution < -0.4 is 0 Å². The van der Waals surface area contributed by atoms with Gasteiger partial charge in [0.1, 0.15) is 0 Å². The van der Waals surface area contributed by atoms with Crippen LogP contribution in [0.5, 0.6) is 0 Å². The second-order valence-electron chi connectivity index (χ2n) is 15.5. The average molecular weight is 751 g/mol. The first-order valence-electron chi connectivity index (χ1n) is 20.2. The first-order chi connectivity index (χ1) is 29.3. The van der Waals surface area contributed by atoms with Crippen LogP contribution in [0.3, 0.4) is 0 Å². The van der Waals surface area contributed by atoms with Crippen LogP contribution in [-0.4, -0.2) is 18.7 Å². The van der Waals surface area contributed by atoms with Gasteiger partial charge in [0, 0.05) is 71.1 Å². The molecule has 0 saturated heterocycles. The van der Waals surface area contributed by atoms with E-state index in [2.05, 4.69) is 220 Å². The molecule has 59 heavy (non-hydrogen) atoms. The van der Waals surface area contributed by atoms with E-state index in [1.807, 2.05) is 0 Å². The first-order valence-corrected chi connectivity index (χ1v) is 20.2. The Morgan fingerprint density at radius 1 is 0.288 bits per heavy atom. The topological polar surface area (TPSA) is 27.7 Å². The third-order valence-corrected chi connectivity index (χ3v) is 12.4. The molecule has 274 valence electrons. The van der Waals surface area contributed by atoms with Crippen LogP contribution in [0.2, 0.25) is 0 Å². The molecule has 0 saturated carbocycles. The Morgan fingerprint density at radius 3 is 1.46 bits per heavy atom. The SMILES string of the molecule is c1ccc(-c2nc3ccccc3c3c2ccc2c3c3ccccc3n2-c2cccc(-n3c4ccccc4c4ccc5c6ccccc6n(-c6ccccc6)c5c43)c2)cc1. The summed E-state index contributed by atoms with van der Waals surface area (Å²) in [6.45, 7) is 0. The fourth-order valence-electron chi connectivity index (χ4n) is 9.98. The highest BCUT2D eigenvalue weighted by molar-refractivity contribution is 6.30. The Morgan fingerprint density at radius 2 is 0.780 bits per heavy atom. The second-order valence-corrected chi connectivity index (χ2v) is 15.5. The molecule has 4 heteroatoms. The summed E-state index contributed by atoms with van der Waals surface area (Å²) in [6, 6.07) is 74.8. The van der Waals surface area contributed by atoms with Gasteiger partial charge in [-0.05, 0) is 60.7 Å². The van der Waals surface area contributed by atoms with Crippen molar-refractivity contribution < 1.29 is 0 Å². The Balaban J connectivity index is 1.13. The van der Waals surface area contributed by atoms with Crippen molar-refractivity contribution in [3.05, 3.63) is 206 Å². The van der Waals surface area contributed by atoms with Gasteiger partial charge >= 0.3 is 0 Å². The largest absolute Gasteiger partial charge is 0.309 e. The third kappa shape index (κ3) is 4.51. The van der Waals surface area contributed by atoms with Gasteiger partial charge in [0.05, 0.1) is 44.3 Å². The number of rotatable bonds is 4. The van der Waals surface area contributed by atoms with Crippen LogP contribution in [0.15, 0.2) is 206 Å². The maximum Gasteiger partial charge on any atom is 0.0788 e. The molecule has 0 unspecified atom stereocenters. The standard InChI is InChI=1S/C55H34N4/c1-3-16-35(17-4-1)53-45-32-33-50-52(51(45)43-24-7-11-26-46(43)56-53)44-25-10-14-29-49(44)57(50)37-20-15-21-38(34-37)59-48-28-13-9-23-40(48)42-31-30-41-39-22-8-12-27-47(39)58(54(41)55(42)59)36-18-5-2-6-19-36/h1-34H. The van der Waals surface area contributed by atoms with Crippen LogP contribution in [0, 0.1) is 0 Å². The Kier molecular flexibility index (Phi) is 6.69. The zero-order valence-electron chi connectivity index (χ0n) is 31.9. The van der Waals surface area contributed by atoms with Crippen molar-refractivity contribution in [1.82, 2.24) is 18.7 Å². The van der Waals surface area contributed by atoms with Crippen molar-refractivity contribution in [2.24, 2.45) is 0 Å². The number of hydrogen-bond acceptors (Lipinski definition) is 1. The van der Waals surface area contributed by atoms with Crippen molar-refractivity contribution in [1.29, 1.82) is 0 Å². The highest BCUT2D eigenvalue weighted by atomic mass is 15.1. The summed E-state index contributed by atoms with van der Waals surface area (Å²) in [5.74, 6) is 0. The van der Waals surface area contributed by atoms with Crippen LogP contribution in [0.4, 0.5) is 0 Å². The molecular formula is C55H34N4. The number of benzene rings is 9. The van der Waals surface area contributed by atoms with E-state index in [1.165, 1.54) is 70.8 Å². The molecule has 0 fully saturated rings. The summed E-state index contributed by atoms with van der Waals surface area (Å²) in [5, 5.41) is 11.0. The minimum absolute atomic E-state index is 0.996. The van der Waals surface area contributed by atoms with Gasteiger partial charge in [-0.1, -0.05) is 146 Å². The number of aromatic nitrogens is 4. The summed E-state index contributed by atoms with van der Waals surface area (Å²) < 4.78 is 7.39. The zero-order chi connectivity index (χ0) is 38.6. The lowest BCUT2D eigenvalue weighted by molar-refractivity contribution is 1.13. The molecule has 0 aliphatic carbocycles. The monoisotopic (exact) mass is 750 g/mol. The van der Waals surface area contributed by atoms with E-state index >= 15 is 0 Å². The van der Waals surface area contributed by atoms with E-state index < -0.39 is 0 Å². The van der Waals surface area contributed by atoms with Crippen molar-refractivity contribution in [2.45, 2.75) is 0 Å². The number of fused-ring (bicyclic) bond motifs is 14. The molecule has 13 rings (SSSR count). The Hall–Kier alpha value is -7.95. The molecule has 4 aromatic heterocycles. The molecule has 0 aliphatic heterocycles. The van der Waals surface area contributed by atoms with Gasteiger partial charge in [-0.25, -0.2) is 4.98 Å². The lowest BCUT2D eigenvalue weighted by Gasteiger charge is -2.15. The van der Waals surface area contributed by atoms with E-state index in [4.69, 9.17) is 4.98 Å². The molecule has 0 amide bonds. The second kappa shape index (κ2) is 12.3. The van der Waals surface area contributed by atoms with Crippen molar-refractivity contribution in [2.75, 3.05) is 0 Å². The molecule has 0 aliphatic rings. The lowest BCUT2D eigenvalue weighted by Crippen LogP contribution is -2.00. The molecule has 13 aromatic rings. The van der Waals surface area contributed by atoms with Gasteiger partial charge in [0.25, 0.3) is 0 Å². The lowest BCUT2D eigenvalue weighted by atomic mass is 9.96. The maximum absolute atomic E-state index is 5.26. The van der Waals surface area contributed by atoms with Gasteiger partial charge in [-0.15, -0.1) is 0 Å². The summed E-state index contributed by atoms with van der Waals surface area (Å²) >= 11 is 0. The van der Waals surface area contributed by atoms with Crippen LogP contribution >= 0.6 is 0 Å². The Labute approximate surface area is 339 Å². The van der Waals surface area contributed by atoms with Crippen molar-refractivity contribution >= 4 is 87.1 Å². The average Bonchev–Trinajstić information content (AvgIpc) is 3.95. The molecule has 0 spiro atoms. The fraction of sp³-hybridized carbons (Fsp3) is 0. The molecule has 9 aromatic carbocycles. The zero-order valence-corrected chi connectivity index (χ0v) is 31.9.